The first kappa shape index (κ1) is 11.4. The van der Waals surface area contributed by atoms with E-state index >= 15 is 0 Å². The molecule has 0 radical (unpaired) electrons. The largest absolute Gasteiger partial charge is 0.492 e. The molecule has 0 aliphatic carbocycles. The maximum absolute atomic E-state index is 5.60. The molecule has 0 spiro atoms. The van der Waals surface area contributed by atoms with Crippen molar-refractivity contribution in [1.82, 2.24) is 9.97 Å². The molecule has 1 aromatic heterocycles. The summed E-state index contributed by atoms with van der Waals surface area (Å²) in [5.41, 5.74) is 1.20. The third-order valence-corrected chi connectivity index (χ3v) is 2.25. The zero-order chi connectivity index (χ0) is 11.9. The lowest BCUT2D eigenvalue weighted by Crippen LogP contribution is -2.12. The van der Waals surface area contributed by atoms with Crippen LogP contribution < -0.4 is 10.1 Å². The van der Waals surface area contributed by atoms with Crippen LogP contribution in [0.4, 0.5) is 5.82 Å². The highest BCUT2D eigenvalue weighted by Gasteiger charge is 1.94. The number of anilines is 1. The van der Waals surface area contributed by atoms with Crippen molar-refractivity contribution in [3.05, 3.63) is 48.4 Å². The summed E-state index contributed by atoms with van der Waals surface area (Å²) >= 11 is 0. The van der Waals surface area contributed by atoms with Gasteiger partial charge in [-0.15, -0.1) is 0 Å². The van der Waals surface area contributed by atoms with E-state index in [9.17, 15) is 0 Å². The van der Waals surface area contributed by atoms with Gasteiger partial charge in [0.15, 0.2) is 0 Å². The Hall–Kier alpha value is -2.10. The van der Waals surface area contributed by atoms with E-state index in [1.54, 1.807) is 6.20 Å². The van der Waals surface area contributed by atoms with Gasteiger partial charge in [-0.05, 0) is 30.7 Å². The number of hydrogen-bond acceptors (Lipinski definition) is 4. The molecular formula is C13H15N3O. The van der Waals surface area contributed by atoms with Crippen LogP contribution in [0.15, 0.2) is 42.9 Å². The maximum Gasteiger partial charge on any atom is 0.129 e. The van der Waals surface area contributed by atoms with Crippen molar-refractivity contribution in [1.29, 1.82) is 0 Å². The quantitative estimate of drug-likeness (QED) is 0.799. The van der Waals surface area contributed by atoms with Crippen LogP contribution in [0.3, 0.4) is 0 Å². The van der Waals surface area contributed by atoms with Crippen molar-refractivity contribution < 1.29 is 4.74 Å². The minimum absolute atomic E-state index is 0.605. The molecule has 88 valence electrons. The molecule has 0 aliphatic heterocycles. The van der Waals surface area contributed by atoms with Crippen LogP contribution in [-0.2, 0) is 0 Å². The average Bonchev–Trinajstić information content (AvgIpc) is 2.36. The Morgan fingerprint density at radius 3 is 3.00 bits per heavy atom. The fraction of sp³-hybridized carbons (Fsp3) is 0.231. The molecule has 0 fully saturated rings. The highest BCUT2D eigenvalue weighted by molar-refractivity contribution is 5.31. The minimum atomic E-state index is 0.605. The lowest BCUT2D eigenvalue weighted by Gasteiger charge is -2.08. The summed E-state index contributed by atoms with van der Waals surface area (Å²) in [5.74, 6) is 1.71. The van der Waals surface area contributed by atoms with Gasteiger partial charge in [-0.3, -0.25) is 0 Å². The maximum atomic E-state index is 5.60. The van der Waals surface area contributed by atoms with Crippen molar-refractivity contribution >= 4 is 5.82 Å². The van der Waals surface area contributed by atoms with Gasteiger partial charge < -0.3 is 10.1 Å². The number of nitrogens with zero attached hydrogens (tertiary/aromatic N) is 2. The molecule has 2 rings (SSSR count). The van der Waals surface area contributed by atoms with Crippen LogP contribution in [0.2, 0.25) is 0 Å². The molecule has 1 aromatic carbocycles. The number of aryl methyl sites for hydroxylation is 1. The number of benzene rings is 1. The zero-order valence-electron chi connectivity index (χ0n) is 9.76. The third kappa shape index (κ3) is 3.75. The first-order chi connectivity index (χ1) is 8.34. The van der Waals surface area contributed by atoms with Gasteiger partial charge in [0.25, 0.3) is 0 Å². The van der Waals surface area contributed by atoms with Gasteiger partial charge in [-0.2, -0.15) is 0 Å². The molecule has 0 aliphatic rings. The van der Waals surface area contributed by atoms with Crippen LogP contribution in [0.1, 0.15) is 5.56 Å². The zero-order valence-corrected chi connectivity index (χ0v) is 9.76. The fourth-order valence-electron chi connectivity index (χ4n) is 1.45. The van der Waals surface area contributed by atoms with Gasteiger partial charge in [0.2, 0.25) is 0 Å². The molecule has 0 saturated heterocycles. The SMILES string of the molecule is Cc1cccc(OCCNc2ccncn2)c1. The van der Waals surface area contributed by atoms with Crippen LogP contribution in [0.25, 0.3) is 0 Å². The van der Waals surface area contributed by atoms with Crippen molar-refractivity contribution in [2.75, 3.05) is 18.5 Å². The smallest absolute Gasteiger partial charge is 0.129 e. The van der Waals surface area contributed by atoms with Gasteiger partial charge in [0, 0.05) is 6.20 Å². The molecule has 4 nitrogen and oxygen atoms in total. The van der Waals surface area contributed by atoms with Crippen molar-refractivity contribution in [2.24, 2.45) is 0 Å². The topological polar surface area (TPSA) is 47.0 Å². The molecule has 1 heterocycles. The van der Waals surface area contributed by atoms with Gasteiger partial charge in [-0.1, -0.05) is 12.1 Å². The van der Waals surface area contributed by atoms with Gasteiger partial charge >= 0.3 is 0 Å². The predicted octanol–water partition coefficient (Wildman–Crippen LogP) is 2.28. The Kier molecular flexibility index (Phi) is 3.91. The molecular weight excluding hydrogens is 214 g/mol. The van der Waals surface area contributed by atoms with Gasteiger partial charge in [0.05, 0.1) is 6.54 Å². The van der Waals surface area contributed by atoms with Crippen molar-refractivity contribution in [2.45, 2.75) is 6.92 Å². The number of nitrogens with one attached hydrogen (secondary N) is 1. The predicted molar refractivity (Wildman–Crippen MR) is 67.2 cm³/mol. The molecule has 2 aromatic rings. The summed E-state index contributed by atoms with van der Waals surface area (Å²) in [5, 5.41) is 3.15. The van der Waals surface area contributed by atoms with E-state index in [-0.39, 0.29) is 0 Å². The summed E-state index contributed by atoms with van der Waals surface area (Å²) < 4.78 is 5.60. The van der Waals surface area contributed by atoms with Gasteiger partial charge in [0.1, 0.15) is 24.5 Å². The second kappa shape index (κ2) is 5.84. The number of rotatable bonds is 5. The first-order valence-electron chi connectivity index (χ1n) is 5.54. The summed E-state index contributed by atoms with van der Waals surface area (Å²) in [4.78, 5) is 7.91. The summed E-state index contributed by atoms with van der Waals surface area (Å²) in [6.07, 6.45) is 3.22. The van der Waals surface area contributed by atoms with E-state index in [4.69, 9.17) is 4.74 Å². The molecule has 17 heavy (non-hydrogen) atoms. The van der Waals surface area contributed by atoms with E-state index in [1.165, 1.54) is 11.9 Å². The molecule has 4 heteroatoms. The van der Waals surface area contributed by atoms with Crippen LogP contribution >= 0.6 is 0 Å². The van der Waals surface area contributed by atoms with Gasteiger partial charge in [-0.25, -0.2) is 9.97 Å². The average molecular weight is 229 g/mol. The Morgan fingerprint density at radius 2 is 2.24 bits per heavy atom. The van der Waals surface area contributed by atoms with E-state index in [0.29, 0.717) is 13.2 Å². The Labute approximate surface area is 101 Å². The lowest BCUT2D eigenvalue weighted by molar-refractivity contribution is 0.332. The summed E-state index contributed by atoms with van der Waals surface area (Å²) in [6, 6.07) is 9.84. The summed E-state index contributed by atoms with van der Waals surface area (Å²) in [6.45, 7) is 3.37. The van der Waals surface area contributed by atoms with Crippen LogP contribution in [0, 0.1) is 6.92 Å². The molecule has 0 bridgehead atoms. The Morgan fingerprint density at radius 1 is 1.29 bits per heavy atom. The third-order valence-electron chi connectivity index (χ3n) is 2.25. The van der Waals surface area contributed by atoms with Crippen LogP contribution in [-0.4, -0.2) is 23.1 Å². The van der Waals surface area contributed by atoms with E-state index in [1.807, 2.05) is 37.3 Å². The lowest BCUT2D eigenvalue weighted by atomic mass is 10.2. The molecule has 0 amide bonds. The highest BCUT2D eigenvalue weighted by atomic mass is 16.5. The second-order valence-corrected chi connectivity index (χ2v) is 3.69. The highest BCUT2D eigenvalue weighted by Crippen LogP contribution is 2.11. The Balaban J connectivity index is 1.73. The molecule has 0 atom stereocenters. The normalized spacial score (nSPS) is 9.94. The fourth-order valence-corrected chi connectivity index (χ4v) is 1.45. The number of aromatic nitrogens is 2. The number of hydrogen-bond donors (Lipinski definition) is 1. The molecule has 0 unspecified atom stereocenters. The second-order valence-electron chi connectivity index (χ2n) is 3.69. The van der Waals surface area contributed by atoms with E-state index < -0.39 is 0 Å². The van der Waals surface area contributed by atoms with Crippen molar-refractivity contribution in [3.8, 4) is 5.75 Å². The monoisotopic (exact) mass is 229 g/mol. The first-order valence-corrected chi connectivity index (χ1v) is 5.54. The van der Waals surface area contributed by atoms with Crippen LogP contribution in [0.5, 0.6) is 5.75 Å². The van der Waals surface area contributed by atoms with E-state index in [0.717, 1.165) is 11.6 Å². The number of ether oxygens (including phenoxy) is 1. The Bertz CT molecular complexity index is 459. The molecule has 1 N–H and O–H groups in total. The standard InChI is InChI=1S/C13H15N3O/c1-11-3-2-4-12(9-11)17-8-7-15-13-5-6-14-10-16-13/h2-6,9-10H,7-8H2,1H3,(H,14,15,16). The minimum Gasteiger partial charge on any atom is -0.492 e. The van der Waals surface area contributed by atoms with E-state index in [2.05, 4.69) is 15.3 Å². The molecule has 0 saturated carbocycles. The summed E-state index contributed by atoms with van der Waals surface area (Å²) in [7, 11) is 0. The van der Waals surface area contributed by atoms with Crippen molar-refractivity contribution in [3.63, 3.8) is 0 Å².